The zero-order chi connectivity index (χ0) is 9.60. The van der Waals surface area contributed by atoms with Crippen molar-refractivity contribution in [1.82, 2.24) is 9.38 Å². The van der Waals surface area contributed by atoms with E-state index in [0.29, 0.717) is 5.41 Å². The van der Waals surface area contributed by atoms with Crippen molar-refractivity contribution in [3.63, 3.8) is 0 Å². The molecular formula is C10H13N3S. The van der Waals surface area contributed by atoms with Crippen molar-refractivity contribution in [3.05, 3.63) is 23.5 Å². The zero-order valence-corrected chi connectivity index (χ0v) is 8.76. The highest BCUT2D eigenvalue weighted by Crippen LogP contribution is 2.47. The van der Waals surface area contributed by atoms with E-state index in [0.717, 1.165) is 17.9 Å². The molecule has 74 valence electrons. The highest BCUT2D eigenvalue weighted by atomic mass is 32.1. The highest BCUT2D eigenvalue weighted by molar-refractivity contribution is 7.15. The Morgan fingerprint density at radius 2 is 2.43 bits per heavy atom. The molecule has 0 saturated heterocycles. The molecule has 4 heteroatoms. The van der Waals surface area contributed by atoms with E-state index >= 15 is 0 Å². The molecule has 2 N–H and O–H groups in total. The molecule has 2 aromatic rings. The van der Waals surface area contributed by atoms with Crippen LogP contribution < -0.4 is 5.73 Å². The Hall–Kier alpha value is -0.870. The Balaban J connectivity index is 1.88. The van der Waals surface area contributed by atoms with Gasteiger partial charge in [-0.05, 0) is 31.2 Å². The molecule has 0 radical (unpaired) electrons. The van der Waals surface area contributed by atoms with Crippen molar-refractivity contribution in [3.8, 4) is 0 Å². The van der Waals surface area contributed by atoms with E-state index in [1.807, 2.05) is 0 Å². The van der Waals surface area contributed by atoms with E-state index in [2.05, 4.69) is 27.2 Å². The van der Waals surface area contributed by atoms with Crippen LogP contribution in [0.4, 0.5) is 0 Å². The van der Waals surface area contributed by atoms with E-state index in [4.69, 9.17) is 5.73 Å². The molecule has 1 aliphatic carbocycles. The molecule has 0 amide bonds. The van der Waals surface area contributed by atoms with Crippen LogP contribution in [0.3, 0.4) is 0 Å². The minimum atomic E-state index is 0.393. The standard InChI is InChI=1S/C10H13N3S/c11-7-10(1-2-10)5-8-6-13-3-4-14-9(13)12-8/h3-4,6H,1-2,5,7,11H2. The number of nitrogens with two attached hydrogens (primary N) is 1. The van der Waals surface area contributed by atoms with E-state index < -0.39 is 0 Å². The summed E-state index contributed by atoms with van der Waals surface area (Å²) in [6, 6.07) is 0. The quantitative estimate of drug-likeness (QED) is 0.832. The van der Waals surface area contributed by atoms with Gasteiger partial charge in [-0.3, -0.25) is 4.40 Å². The third kappa shape index (κ3) is 1.26. The molecule has 3 nitrogen and oxygen atoms in total. The van der Waals surface area contributed by atoms with Gasteiger partial charge in [0.25, 0.3) is 0 Å². The molecule has 0 unspecified atom stereocenters. The second-order valence-electron chi connectivity index (χ2n) is 4.21. The van der Waals surface area contributed by atoms with Crippen molar-refractivity contribution >= 4 is 16.3 Å². The molecule has 2 aromatic heterocycles. The monoisotopic (exact) mass is 207 g/mol. The van der Waals surface area contributed by atoms with Crippen molar-refractivity contribution in [2.75, 3.05) is 6.54 Å². The lowest BCUT2D eigenvalue weighted by atomic mass is 10.0. The Morgan fingerprint density at radius 1 is 1.57 bits per heavy atom. The largest absolute Gasteiger partial charge is 0.330 e. The van der Waals surface area contributed by atoms with Crippen LogP contribution in [-0.4, -0.2) is 15.9 Å². The molecule has 1 aliphatic rings. The van der Waals surface area contributed by atoms with Crippen LogP contribution in [0.25, 0.3) is 4.96 Å². The number of hydrogen-bond acceptors (Lipinski definition) is 3. The number of fused-ring (bicyclic) bond motifs is 1. The smallest absolute Gasteiger partial charge is 0.193 e. The van der Waals surface area contributed by atoms with Gasteiger partial charge >= 0.3 is 0 Å². The number of hydrogen-bond donors (Lipinski definition) is 1. The third-order valence-corrected chi connectivity index (χ3v) is 3.86. The van der Waals surface area contributed by atoms with Crippen molar-refractivity contribution in [1.29, 1.82) is 0 Å². The van der Waals surface area contributed by atoms with Gasteiger partial charge in [0.05, 0.1) is 5.69 Å². The Morgan fingerprint density at radius 3 is 3.07 bits per heavy atom. The van der Waals surface area contributed by atoms with Gasteiger partial charge in [0.2, 0.25) is 0 Å². The fraction of sp³-hybridized carbons (Fsp3) is 0.500. The summed E-state index contributed by atoms with van der Waals surface area (Å²) < 4.78 is 2.09. The number of nitrogens with zero attached hydrogens (tertiary/aromatic N) is 2. The lowest BCUT2D eigenvalue weighted by Gasteiger charge is -2.08. The fourth-order valence-corrected chi connectivity index (χ4v) is 2.59. The Labute approximate surface area is 86.6 Å². The summed E-state index contributed by atoms with van der Waals surface area (Å²) in [5.74, 6) is 0. The van der Waals surface area contributed by atoms with Crippen LogP contribution in [0.5, 0.6) is 0 Å². The molecular weight excluding hydrogens is 194 g/mol. The number of imidazole rings is 1. The van der Waals surface area contributed by atoms with Gasteiger partial charge in [0.15, 0.2) is 4.96 Å². The van der Waals surface area contributed by atoms with Gasteiger partial charge in [-0.2, -0.15) is 0 Å². The first kappa shape index (κ1) is 8.44. The number of rotatable bonds is 3. The lowest BCUT2D eigenvalue weighted by Crippen LogP contribution is -2.17. The van der Waals surface area contributed by atoms with Crippen molar-refractivity contribution in [2.45, 2.75) is 19.3 Å². The summed E-state index contributed by atoms with van der Waals surface area (Å²) in [6.45, 7) is 0.804. The summed E-state index contributed by atoms with van der Waals surface area (Å²) in [4.78, 5) is 5.66. The van der Waals surface area contributed by atoms with Crippen molar-refractivity contribution in [2.24, 2.45) is 11.1 Å². The molecule has 0 aromatic carbocycles. The Bertz CT molecular complexity index is 424. The van der Waals surface area contributed by atoms with Crippen LogP contribution in [0, 0.1) is 5.41 Å². The highest BCUT2D eigenvalue weighted by Gasteiger charge is 2.41. The van der Waals surface area contributed by atoms with E-state index in [1.165, 1.54) is 18.5 Å². The van der Waals surface area contributed by atoms with Crippen LogP contribution in [0.2, 0.25) is 0 Å². The minimum absolute atomic E-state index is 0.393. The number of thiazole rings is 1. The molecule has 0 spiro atoms. The second-order valence-corrected chi connectivity index (χ2v) is 5.08. The fourth-order valence-electron chi connectivity index (χ4n) is 1.88. The topological polar surface area (TPSA) is 43.3 Å². The molecule has 1 saturated carbocycles. The first-order valence-electron chi connectivity index (χ1n) is 4.93. The van der Waals surface area contributed by atoms with Gasteiger partial charge in [-0.15, -0.1) is 11.3 Å². The van der Waals surface area contributed by atoms with E-state index in [1.54, 1.807) is 11.3 Å². The summed E-state index contributed by atoms with van der Waals surface area (Å²) in [6.07, 6.45) is 7.78. The van der Waals surface area contributed by atoms with Gasteiger partial charge < -0.3 is 5.73 Å². The normalized spacial score (nSPS) is 18.9. The van der Waals surface area contributed by atoms with E-state index in [9.17, 15) is 0 Å². The zero-order valence-electron chi connectivity index (χ0n) is 7.94. The maximum Gasteiger partial charge on any atom is 0.193 e. The Kier molecular flexibility index (Phi) is 1.69. The molecule has 1 fully saturated rings. The maximum absolute atomic E-state index is 5.75. The predicted octanol–water partition coefficient (Wildman–Crippen LogP) is 1.68. The predicted molar refractivity (Wildman–Crippen MR) is 57.5 cm³/mol. The number of aromatic nitrogens is 2. The summed E-state index contributed by atoms with van der Waals surface area (Å²) in [5.41, 5.74) is 7.34. The van der Waals surface area contributed by atoms with Crippen LogP contribution in [0.1, 0.15) is 18.5 Å². The maximum atomic E-state index is 5.75. The molecule has 0 aliphatic heterocycles. The first-order valence-corrected chi connectivity index (χ1v) is 5.80. The van der Waals surface area contributed by atoms with Crippen LogP contribution >= 0.6 is 11.3 Å². The van der Waals surface area contributed by atoms with Gasteiger partial charge in [-0.1, -0.05) is 0 Å². The lowest BCUT2D eigenvalue weighted by molar-refractivity contribution is 0.515. The third-order valence-electron chi connectivity index (χ3n) is 3.09. The van der Waals surface area contributed by atoms with Crippen LogP contribution in [-0.2, 0) is 6.42 Å². The average molecular weight is 207 g/mol. The molecule has 3 rings (SSSR count). The first-order chi connectivity index (χ1) is 6.81. The molecule has 2 heterocycles. The van der Waals surface area contributed by atoms with Crippen LogP contribution in [0.15, 0.2) is 17.8 Å². The van der Waals surface area contributed by atoms with Gasteiger partial charge in [0.1, 0.15) is 0 Å². The second kappa shape index (κ2) is 2.81. The summed E-state index contributed by atoms with van der Waals surface area (Å²) >= 11 is 1.68. The van der Waals surface area contributed by atoms with E-state index in [-0.39, 0.29) is 0 Å². The molecule has 0 atom stereocenters. The van der Waals surface area contributed by atoms with Gasteiger partial charge in [-0.25, -0.2) is 4.98 Å². The average Bonchev–Trinajstić information content (AvgIpc) is 2.62. The van der Waals surface area contributed by atoms with Crippen molar-refractivity contribution < 1.29 is 0 Å². The molecule has 14 heavy (non-hydrogen) atoms. The summed E-state index contributed by atoms with van der Waals surface area (Å²) in [7, 11) is 0. The summed E-state index contributed by atoms with van der Waals surface area (Å²) in [5, 5.41) is 2.06. The SMILES string of the molecule is NCC1(Cc2cn3ccsc3n2)CC1. The van der Waals surface area contributed by atoms with Gasteiger partial charge in [0, 0.05) is 17.8 Å². The minimum Gasteiger partial charge on any atom is -0.330 e. The molecule has 0 bridgehead atoms.